The Morgan fingerprint density at radius 1 is 1.32 bits per heavy atom. The van der Waals surface area contributed by atoms with E-state index < -0.39 is 17.9 Å². The minimum Gasteiger partial charge on any atom is -0.387 e. The number of aromatic nitrogens is 1. The Morgan fingerprint density at radius 3 is 2.53 bits per heavy atom. The maximum Gasteiger partial charge on any atom is 0.461 e. The third kappa shape index (κ3) is 4.01. The van der Waals surface area contributed by atoms with Gasteiger partial charge in [0.15, 0.2) is 0 Å². The van der Waals surface area contributed by atoms with Gasteiger partial charge in [-0.2, -0.15) is 22.0 Å². The van der Waals surface area contributed by atoms with Gasteiger partial charge in [-0.25, -0.2) is 0 Å². The maximum absolute atomic E-state index is 12.5. The van der Waals surface area contributed by atoms with Crippen molar-refractivity contribution in [3.63, 3.8) is 0 Å². The molecule has 0 saturated carbocycles. The molecule has 0 amide bonds. The van der Waals surface area contributed by atoms with E-state index in [1.54, 1.807) is 12.1 Å². The summed E-state index contributed by atoms with van der Waals surface area (Å²) in [6, 6.07) is 3.30. The van der Waals surface area contributed by atoms with Crippen LogP contribution in [-0.4, -0.2) is 22.9 Å². The average molecular weight is 280 g/mol. The van der Waals surface area contributed by atoms with Crippen LogP contribution < -0.4 is 5.32 Å². The highest BCUT2D eigenvalue weighted by molar-refractivity contribution is 5.96. The topological polar surface area (TPSA) is 42.0 Å². The first-order chi connectivity index (χ1) is 8.75. The Hall–Kier alpha value is -1.99. The molecule has 0 aliphatic heterocycles. The highest BCUT2D eigenvalue weighted by atomic mass is 19.4. The minimum atomic E-state index is -5.89. The number of rotatable bonds is 5. The Kier molecular flexibility index (Phi) is 4.57. The molecule has 8 heteroatoms. The molecular formula is C11H9F5N2O. The van der Waals surface area contributed by atoms with Crippen molar-refractivity contribution in [2.24, 2.45) is 0 Å². The number of hydrogen-bond donors (Lipinski definition) is 1. The number of ketones is 1. The average Bonchev–Trinajstić information content (AvgIpc) is 2.34. The van der Waals surface area contributed by atoms with E-state index in [-0.39, 0.29) is 12.6 Å². The van der Waals surface area contributed by atoms with Crippen LogP contribution in [0.4, 0.5) is 22.0 Å². The summed E-state index contributed by atoms with van der Waals surface area (Å²) < 4.78 is 60.5. The van der Waals surface area contributed by atoms with Crippen molar-refractivity contribution in [1.82, 2.24) is 10.3 Å². The largest absolute Gasteiger partial charge is 0.461 e. The molecule has 0 radical (unpaired) electrons. The summed E-state index contributed by atoms with van der Waals surface area (Å²) in [5.41, 5.74) is 0.683. The smallest absolute Gasteiger partial charge is 0.387 e. The van der Waals surface area contributed by atoms with Gasteiger partial charge in [0.2, 0.25) is 5.78 Å². The molecule has 104 valence electrons. The lowest BCUT2D eigenvalue weighted by atomic mass is 10.2. The summed E-state index contributed by atoms with van der Waals surface area (Å²) in [6.07, 6.45) is -1.99. The molecule has 0 atom stereocenters. The van der Waals surface area contributed by atoms with Crippen LogP contribution in [0.25, 0.3) is 0 Å². The van der Waals surface area contributed by atoms with E-state index in [9.17, 15) is 26.7 Å². The van der Waals surface area contributed by atoms with Crippen LogP contribution in [0.5, 0.6) is 0 Å². The van der Waals surface area contributed by atoms with Crippen LogP contribution in [0.2, 0.25) is 0 Å². The molecule has 1 aromatic heterocycles. The molecule has 1 aromatic rings. The van der Waals surface area contributed by atoms with Gasteiger partial charge in [-0.05, 0) is 11.6 Å². The van der Waals surface area contributed by atoms with Gasteiger partial charge in [0.1, 0.15) is 0 Å². The summed E-state index contributed by atoms with van der Waals surface area (Å²) in [5.74, 6) is -7.70. The molecule has 0 saturated heterocycles. The zero-order valence-corrected chi connectivity index (χ0v) is 9.42. The number of alkyl halides is 5. The number of pyridine rings is 1. The predicted molar refractivity (Wildman–Crippen MR) is 56.2 cm³/mol. The Morgan fingerprint density at radius 2 is 2.00 bits per heavy atom. The van der Waals surface area contributed by atoms with Gasteiger partial charge in [0.25, 0.3) is 0 Å². The fourth-order valence-electron chi connectivity index (χ4n) is 1.06. The van der Waals surface area contributed by atoms with Crippen LogP contribution >= 0.6 is 0 Å². The van der Waals surface area contributed by atoms with Gasteiger partial charge in [-0.1, -0.05) is 6.07 Å². The first-order valence-corrected chi connectivity index (χ1v) is 5.03. The SMILES string of the molecule is O=C(/C=C/NCc1cccnc1)C(F)(F)C(F)(F)F. The first kappa shape index (κ1) is 15.1. The normalized spacial score (nSPS) is 12.7. The van der Waals surface area contributed by atoms with Gasteiger partial charge in [0, 0.05) is 31.2 Å². The van der Waals surface area contributed by atoms with Crippen molar-refractivity contribution < 1.29 is 26.7 Å². The molecule has 0 spiro atoms. The number of hydrogen-bond acceptors (Lipinski definition) is 3. The van der Waals surface area contributed by atoms with E-state index in [2.05, 4.69) is 10.3 Å². The molecule has 0 aromatic carbocycles. The van der Waals surface area contributed by atoms with E-state index in [4.69, 9.17) is 0 Å². The van der Waals surface area contributed by atoms with E-state index in [1.807, 2.05) is 0 Å². The number of carbonyl (C=O) groups is 1. The van der Waals surface area contributed by atoms with Gasteiger partial charge in [-0.3, -0.25) is 9.78 Å². The lowest BCUT2D eigenvalue weighted by Crippen LogP contribution is -2.43. The van der Waals surface area contributed by atoms with Crippen LogP contribution in [-0.2, 0) is 11.3 Å². The van der Waals surface area contributed by atoms with E-state index >= 15 is 0 Å². The molecule has 3 nitrogen and oxygen atoms in total. The van der Waals surface area contributed by atoms with E-state index in [0.717, 1.165) is 6.20 Å². The van der Waals surface area contributed by atoms with Gasteiger partial charge < -0.3 is 5.32 Å². The highest BCUT2D eigenvalue weighted by Gasteiger charge is 2.62. The second-order valence-electron chi connectivity index (χ2n) is 3.51. The van der Waals surface area contributed by atoms with Crippen molar-refractivity contribution in [2.75, 3.05) is 0 Å². The predicted octanol–water partition coefficient (Wildman–Crippen LogP) is 2.45. The number of halogens is 5. The Balaban J connectivity index is 2.52. The highest BCUT2D eigenvalue weighted by Crippen LogP contribution is 2.36. The van der Waals surface area contributed by atoms with Gasteiger partial charge in [-0.15, -0.1) is 0 Å². The third-order valence-corrected chi connectivity index (χ3v) is 2.05. The zero-order valence-electron chi connectivity index (χ0n) is 9.42. The molecule has 0 aliphatic rings. The van der Waals surface area contributed by atoms with Gasteiger partial charge in [0.05, 0.1) is 0 Å². The number of carbonyl (C=O) groups excluding carboxylic acids is 1. The summed E-state index contributed by atoms with van der Waals surface area (Å²) in [5, 5.41) is 2.41. The minimum absolute atomic E-state index is 0.148. The summed E-state index contributed by atoms with van der Waals surface area (Å²) in [7, 11) is 0. The fraction of sp³-hybridized carbons (Fsp3) is 0.273. The van der Waals surface area contributed by atoms with Crippen molar-refractivity contribution in [1.29, 1.82) is 0 Å². The Labute approximate surface area is 105 Å². The molecule has 1 rings (SSSR count). The molecule has 1 N–H and O–H groups in total. The second kappa shape index (κ2) is 5.77. The first-order valence-electron chi connectivity index (χ1n) is 5.03. The summed E-state index contributed by atoms with van der Waals surface area (Å²) >= 11 is 0. The van der Waals surface area contributed by atoms with Crippen LogP contribution in [0, 0.1) is 0 Å². The molecule has 0 unspecified atom stereocenters. The van der Waals surface area contributed by atoms with Crippen LogP contribution in [0.15, 0.2) is 36.8 Å². The van der Waals surface area contributed by atoms with Crippen LogP contribution in [0.1, 0.15) is 5.56 Å². The molecule has 0 aliphatic carbocycles. The zero-order chi connectivity index (χ0) is 14.5. The fourth-order valence-corrected chi connectivity index (χ4v) is 1.06. The number of allylic oxidation sites excluding steroid dienone is 1. The summed E-state index contributed by atoms with van der Waals surface area (Å²) in [4.78, 5) is 14.5. The molecule has 1 heterocycles. The molecule has 19 heavy (non-hydrogen) atoms. The lowest BCUT2D eigenvalue weighted by molar-refractivity contribution is -0.266. The quantitative estimate of drug-likeness (QED) is 0.665. The summed E-state index contributed by atoms with van der Waals surface area (Å²) in [6.45, 7) is 0.148. The van der Waals surface area contributed by atoms with Crippen molar-refractivity contribution >= 4 is 5.78 Å². The molecular weight excluding hydrogens is 271 g/mol. The standard InChI is InChI=1S/C11H9F5N2O/c12-10(13,11(14,15)16)9(19)3-5-18-7-8-2-1-4-17-6-8/h1-6,18H,7H2/b5-3+. The Bertz CT molecular complexity index is 456. The van der Waals surface area contributed by atoms with Crippen molar-refractivity contribution in [2.45, 2.75) is 18.6 Å². The number of nitrogens with one attached hydrogen (secondary N) is 1. The van der Waals surface area contributed by atoms with Gasteiger partial charge >= 0.3 is 12.1 Å². The maximum atomic E-state index is 12.5. The third-order valence-electron chi connectivity index (χ3n) is 2.05. The van der Waals surface area contributed by atoms with E-state index in [1.165, 1.54) is 12.4 Å². The second-order valence-corrected chi connectivity index (χ2v) is 3.51. The van der Waals surface area contributed by atoms with E-state index in [0.29, 0.717) is 5.56 Å². The van der Waals surface area contributed by atoms with Crippen molar-refractivity contribution in [3.8, 4) is 0 Å². The number of nitrogens with zero attached hydrogens (tertiary/aromatic N) is 1. The molecule has 0 fully saturated rings. The molecule has 0 bridgehead atoms. The van der Waals surface area contributed by atoms with Crippen molar-refractivity contribution in [3.05, 3.63) is 42.4 Å². The monoisotopic (exact) mass is 280 g/mol. The lowest BCUT2D eigenvalue weighted by Gasteiger charge is -2.16. The van der Waals surface area contributed by atoms with Crippen LogP contribution in [0.3, 0.4) is 0 Å².